The number of amides is 2. The second-order valence-electron chi connectivity index (χ2n) is 6.69. The first kappa shape index (κ1) is 18.8. The van der Waals surface area contributed by atoms with Crippen LogP contribution in [0.15, 0.2) is 60.7 Å². The lowest BCUT2D eigenvalue weighted by molar-refractivity contribution is -0.132. The van der Waals surface area contributed by atoms with Gasteiger partial charge in [0.15, 0.2) is 0 Å². The van der Waals surface area contributed by atoms with Crippen LogP contribution in [0.4, 0.5) is 4.39 Å². The number of nitrogens with zero attached hydrogens (tertiary/aromatic N) is 1. The Bertz CT molecular complexity index is 795. The van der Waals surface area contributed by atoms with Crippen LogP contribution in [0.2, 0.25) is 0 Å². The Balaban J connectivity index is 1.43. The van der Waals surface area contributed by atoms with E-state index in [9.17, 15) is 14.0 Å². The summed E-state index contributed by atoms with van der Waals surface area (Å²) in [6.45, 7) is 1.54. The zero-order chi connectivity index (χ0) is 19.1. The van der Waals surface area contributed by atoms with E-state index in [2.05, 4.69) is 5.32 Å². The molecule has 27 heavy (non-hydrogen) atoms. The van der Waals surface area contributed by atoms with Gasteiger partial charge in [-0.3, -0.25) is 9.59 Å². The fraction of sp³-hybridized carbons (Fsp3) is 0.273. The van der Waals surface area contributed by atoms with Crippen molar-refractivity contribution in [2.24, 2.45) is 5.92 Å². The summed E-state index contributed by atoms with van der Waals surface area (Å²) >= 11 is 0. The molecule has 140 valence electrons. The molecule has 1 heterocycles. The van der Waals surface area contributed by atoms with Crippen molar-refractivity contribution in [2.45, 2.75) is 19.4 Å². The lowest BCUT2D eigenvalue weighted by Crippen LogP contribution is -2.42. The van der Waals surface area contributed by atoms with E-state index < -0.39 is 0 Å². The predicted molar refractivity (Wildman–Crippen MR) is 103 cm³/mol. The van der Waals surface area contributed by atoms with Crippen LogP contribution in [-0.2, 0) is 16.1 Å². The number of hydrogen-bond acceptors (Lipinski definition) is 2. The molecule has 1 aliphatic heterocycles. The highest BCUT2D eigenvalue weighted by Crippen LogP contribution is 2.18. The highest BCUT2D eigenvalue weighted by atomic mass is 19.1. The zero-order valence-corrected chi connectivity index (χ0v) is 15.1. The fourth-order valence-electron chi connectivity index (χ4n) is 3.13. The van der Waals surface area contributed by atoms with Crippen molar-refractivity contribution < 1.29 is 14.0 Å². The van der Waals surface area contributed by atoms with Gasteiger partial charge >= 0.3 is 0 Å². The second-order valence-corrected chi connectivity index (χ2v) is 6.69. The number of piperidine rings is 1. The highest BCUT2D eigenvalue weighted by molar-refractivity contribution is 5.92. The van der Waals surface area contributed by atoms with E-state index in [0.29, 0.717) is 32.5 Å². The smallest absolute Gasteiger partial charge is 0.246 e. The van der Waals surface area contributed by atoms with Crippen LogP contribution in [0.3, 0.4) is 0 Å². The number of nitrogens with one attached hydrogen (secondary N) is 1. The highest BCUT2D eigenvalue weighted by Gasteiger charge is 2.26. The first-order valence-electron chi connectivity index (χ1n) is 9.16. The van der Waals surface area contributed by atoms with Gasteiger partial charge in [-0.1, -0.05) is 42.5 Å². The van der Waals surface area contributed by atoms with E-state index in [-0.39, 0.29) is 23.5 Å². The van der Waals surface area contributed by atoms with Crippen molar-refractivity contribution in [1.82, 2.24) is 10.2 Å². The Morgan fingerprint density at radius 3 is 2.37 bits per heavy atom. The van der Waals surface area contributed by atoms with E-state index in [4.69, 9.17) is 0 Å². The molecule has 0 aliphatic carbocycles. The van der Waals surface area contributed by atoms with E-state index in [1.165, 1.54) is 12.1 Å². The molecule has 3 rings (SSSR count). The Labute approximate surface area is 158 Å². The topological polar surface area (TPSA) is 49.4 Å². The first-order chi connectivity index (χ1) is 13.1. The van der Waals surface area contributed by atoms with Crippen molar-refractivity contribution in [2.75, 3.05) is 13.1 Å². The van der Waals surface area contributed by atoms with Gasteiger partial charge in [0.1, 0.15) is 5.82 Å². The molecule has 4 nitrogen and oxygen atoms in total. The zero-order valence-electron chi connectivity index (χ0n) is 15.1. The van der Waals surface area contributed by atoms with E-state index in [1.54, 1.807) is 23.1 Å². The monoisotopic (exact) mass is 366 g/mol. The number of carbonyl (C=O) groups is 2. The molecular formula is C22H23FN2O2. The number of halogens is 1. The summed E-state index contributed by atoms with van der Waals surface area (Å²) in [5.41, 5.74) is 1.85. The maximum absolute atomic E-state index is 12.9. The third kappa shape index (κ3) is 5.51. The number of carbonyl (C=O) groups excluding carboxylic acids is 2. The van der Waals surface area contributed by atoms with E-state index in [1.807, 2.05) is 36.4 Å². The first-order valence-corrected chi connectivity index (χ1v) is 9.16. The summed E-state index contributed by atoms with van der Waals surface area (Å²) in [6, 6.07) is 15.8. The summed E-state index contributed by atoms with van der Waals surface area (Å²) in [5, 5.41) is 2.90. The second kappa shape index (κ2) is 9.12. The van der Waals surface area contributed by atoms with E-state index >= 15 is 0 Å². The van der Waals surface area contributed by atoms with Gasteiger partial charge in [0.2, 0.25) is 11.8 Å². The van der Waals surface area contributed by atoms with Crippen molar-refractivity contribution in [3.63, 3.8) is 0 Å². The summed E-state index contributed by atoms with van der Waals surface area (Å²) in [5.74, 6) is -0.411. The fourth-order valence-corrected chi connectivity index (χ4v) is 3.13. The normalized spacial score (nSPS) is 15.1. The quantitative estimate of drug-likeness (QED) is 0.825. The molecule has 0 aromatic heterocycles. The van der Waals surface area contributed by atoms with Gasteiger partial charge in [-0.15, -0.1) is 0 Å². The van der Waals surface area contributed by atoms with Crippen LogP contribution >= 0.6 is 0 Å². The predicted octanol–water partition coefficient (Wildman–Crippen LogP) is 3.39. The van der Waals surface area contributed by atoms with Gasteiger partial charge in [0.25, 0.3) is 0 Å². The molecule has 2 aromatic rings. The molecule has 1 aliphatic rings. The lowest BCUT2D eigenvalue weighted by Gasteiger charge is -2.30. The molecule has 1 N–H and O–H groups in total. The van der Waals surface area contributed by atoms with Crippen LogP contribution in [0.25, 0.3) is 6.08 Å². The molecule has 5 heteroatoms. The molecule has 1 saturated heterocycles. The number of rotatable bonds is 5. The van der Waals surface area contributed by atoms with E-state index in [0.717, 1.165) is 11.1 Å². The van der Waals surface area contributed by atoms with Crippen LogP contribution in [0, 0.1) is 11.7 Å². The summed E-state index contributed by atoms with van der Waals surface area (Å²) in [6.07, 6.45) is 4.70. The summed E-state index contributed by atoms with van der Waals surface area (Å²) < 4.78 is 12.9. The SMILES string of the molecule is O=C(NCc1ccc(F)cc1)C1CCN(C(=O)C=Cc2ccccc2)CC1. The number of benzene rings is 2. The minimum Gasteiger partial charge on any atom is -0.352 e. The minimum absolute atomic E-state index is 0.00810. The van der Waals surface area contributed by atoms with Gasteiger partial charge in [0.05, 0.1) is 0 Å². The minimum atomic E-state index is -0.288. The standard InChI is InChI=1S/C22H23FN2O2/c23-20-9-6-18(7-10-20)16-24-22(27)19-12-14-25(15-13-19)21(26)11-8-17-4-2-1-3-5-17/h1-11,19H,12-16H2,(H,24,27). The molecule has 0 spiro atoms. The summed E-state index contributed by atoms with van der Waals surface area (Å²) in [7, 11) is 0. The van der Waals surface area contributed by atoms with Gasteiger partial charge in [-0.05, 0) is 42.2 Å². The maximum atomic E-state index is 12.9. The van der Waals surface area contributed by atoms with Gasteiger partial charge in [0, 0.05) is 31.6 Å². The van der Waals surface area contributed by atoms with Gasteiger partial charge < -0.3 is 10.2 Å². The summed E-state index contributed by atoms with van der Waals surface area (Å²) in [4.78, 5) is 26.4. The molecular weight excluding hydrogens is 343 g/mol. The molecule has 0 saturated carbocycles. The third-order valence-corrected chi connectivity index (χ3v) is 4.78. The van der Waals surface area contributed by atoms with Gasteiger partial charge in [-0.2, -0.15) is 0 Å². The number of likely N-dealkylation sites (tertiary alicyclic amines) is 1. The van der Waals surface area contributed by atoms with Crippen molar-refractivity contribution in [1.29, 1.82) is 0 Å². The Morgan fingerprint density at radius 1 is 1.04 bits per heavy atom. The van der Waals surface area contributed by atoms with Gasteiger partial charge in [-0.25, -0.2) is 4.39 Å². The Hall–Kier alpha value is -2.95. The lowest BCUT2D eigenvalue weighted by atomic mass is 9.95. The molecule has 0 bridgehead atoms. The molecule has 2 aromatic carbocycles. The van der Waals surface area contributed by atoms with Crippen molar-refractivity contribution >= 4 is 17.9 Å². The third-order valence-electron chi connectivity index (χ3n) is 4.78. The average Bonchev–Trinajstić information content (AvgIpc) is 2.72. The number of hydrogen-bond donors (Lipinski definition) is 1. The van der Waals surface area contributed by atoms with Crippen molar-refractivity contribution in [3.8, 4) is 0 Å². The molecule has 2 amide bonds. The molecule has 0 unspecified atom stereocenters. The van der Waals surface area contributed by atoms with Crippen LogP contribution in [0.1, 0.15) is 24.0 Å². The molecule has 0 atom stereocenters. The van der Waals surface area contributed by atoms with Crippen LogP contribution in [-0.4, -0.2) is 29.8 Å². The Kier molecular flexibility index (Phi) is 6.36. The largest absolute Gasteiger partial charge is 0.352 e. The molecule has 1 fully saturated rings. The average molecular weight is 366 g/mol. The van der Waals surface area contributed by atoms with Crippen LogP contribution < -0.4 is 5.32 Å². The molecule has 0 radical (unpaired) electrons. The maximum Gasteiger partial charge on any atom is 0.246 e. The van der Waals surface area contributed by atoms with Crippen molar-refractivity contribution in [3.05, 3.63) is 77.6 Å². The Morgan fingerprint density at radius 2 is 1.70 bits per heavy atom. The van der Waals surface area contributed by atoms with Crippen LogP contribution in [0.5, 0.6) is 0 Å².